The van der Waals surface area contributed by atoms with Crippen molar-refractivity contribution in [3.8, 4) is 11.1 Å². The summed E-state index contributed by atoms with van der Waals surface area (Å²) >= 11 is 0. The minimum Gasteiger partial charge on any atom is -0.210 e. The monoisotopic (exact) mass is 242 g/mol. The molecule has 0 aliphatic rings. The Hall–Kier alpha value is -1.98. The molecule has 0 aliphatic heterocycles. The van der Waals surface area contributed by atoms with Crippen molar-refractivity contribution < 1.29 is 17.6 Å². The topological polar surface area (TPSA) is 25.8 Å². The molecule has 0 amide bonds. The van der Waals surface area contributed by atoms with Crippen molar-refractivity contribution >= 4 is 0 Å². The summed E-state index contributed by atoms with van der Waals surface area (Å²) in [5.74, 6) is 0. The third kappa shape index (κ3) is 2.58. The fourth-order valence-corrected chi connectivity index (χ4v) is 1.31. The molecule has 0 bridgehead atoms. The molecule has 17 heavy (non-hydrogen) atoms. The predicted molar refractivity (Wildman–Crippen MR) is 52.4 cm³/mol. The van der Waals surface area contributed by atoms with Crippen LogP contribution >= 0.6 is 0 Å². The highest BCUT2D eigenvalue weighted by atomic mass is 19.4. The van der Waals surface area contributed by atoms with E-state index in [0.717, 1.165) is 12.1 Å². The van der Waals surface area contributed by atoms with Crippen molar-refractivity contribution in [1.82, 2.24) is 9.97 Å². The van der Waals surface area contributed by atoms with Gasteiger partial charge in [0, 0.05) is 18.0 Å². The maximum absolute atomic E-state index is 12.5. The van der Waals surface area contributed by atoms with E-state index in [9.17, 15) is 17.6 Å². The summed E-state index contributed by atoms with van der Waals surface area (Å²) in [5.41, 5.74) is 0.224. The Morgan fingerprint density at radius 1 is 0.824 bits per heavy atom. The third-order valence-corrected chi connectivity index (χ3v) is 2.17. The van der Waals surface area contributed by atoms with E-state index in [2.05, 4.69) is 9.97 Å². The van der Waals surface area contributed by atoms with Crippen LogP contribution in [-0.2, 0) is 6.18 Å². The van der Waals surface area contributed by atoms with E-state index < -0.39 is 17.8 Å². The SMILES string of the molecule is Fc1ncc(-c2ccc(C(F)(F)F)cc2)cn1. The van der Waals surface area contributed by atoms with Crippen LogP contribution < -0.4 is 0 Å². The second kappa shape index (κ2) is 4.12. The number of nitrogens with zero attached hydrogens (tertiary/aromatic N) is 2. The molecule has 0 saturated heterocycles. The highest BCUT2D eigenvalue weighted by Gasteiger charge is 2.29. The van der Waals surface area contributed by atoms with E-state index >= 15 is 0 Å². The number of rotatable bonds is 1. The lowest BCUT2D eigenvalue weighted by molar-refractivity contribution is -0.137. The molecule has 0 spiro atoms. The first-order chi connectivity index (χ1) is 7.97. The average molecular weight is 242 g/mol. The smallest absolute Gasteiger partial charge is 0.210 e. The van der Waals surface area contributed by atoms with Gasteiger partial charge in [-0.2, -0.15) is 17.6 Å². The van der Waals surface area contributed by atoms with Crippen molar-refractivity contribution in [3.63, 3.8) is 0 Å². The number of benzene rings is 1. The molecule has 6 heteroatoms. The molecule has 0 fully saturated rings. The Morgan fingerprint density at radius 2 is 1.35 bits per heavy atom. The van der Waals surface area contributed by atoms with Gasteiger partial charge in [0.25, 0.3) is 0 Å². The Labute approximate surface area is 94.0 Å². The van der Waals surface area contributed by atoms with Crippen LogP contribution in [-0.4, -0.2) is 9.97 Å². The molecule has 0 saturated carbocycles. The number of hydrogen-bond donors (Lipinski definition) is 0. The van der Waals surface area contributed by atoms with Gasteiger partial charge < -0.3 is 0 Å². The molecule has 2 aromatic rings. The Bertz CT molecular complexity index is 502. The van der Waals surface area contributed by atoms with Crippen molar-refractivity contribution in [2.45, 2.75) is 6.18 Å². The van der Waals surface area contributed by atoms with E-state index in [0.29, 0.717) is 11.1 Å². The van der Waals surface area contributed by atoms with Gasteiger partial charge >= 0.3 is 12.3 Å². The van der Waals surface area contributed by atoms with E-state index in [1.54, 1.807) is 0 Å². The van der Waals surface area contributed by atoms with Crippen LogP contribution in [0.4, 0.5) is 17.6 Å². The molecule has 0 atom stereocenters. The second-order valence-corrected chi connectivity index (χ2v) is 3.32. The number of halogens is 4. The van der Waals surface area contributed by atoms with Gasteiger partial charge in [0.1, 0.15) is 0 Å². The van der Waals surface area contributed by atoms with Crippen molar-refractivity contribution in [2.24, 2.45) is 0 Å². The molecule has 1 aromatic heterocycles. The van der Waals surface area contributed by atoms with Gasteiger partial charge in [-0.3, -0.25) is 0 Å². The number of alkyl halides is 3. The van der Waals surface area contributed by atoms with E-state index in [-0.39, 0.29) is 0 Å². The first-order valence-corrected chi connectivity index (χ1v) is 4.62. The molecule has 0 N–H and O–H groups in total. The van der Waals surface area contributed by atoms with Gasteiger partial charge in [0.15, 0.2) is 0 Å². The van der Waals surface area contributed by atoms with Crippen LogP contribution in [0, 0.1) is 6.08 Å². The Morgan fingerprint density at radius 3 is 1.82 bits per heavy atom. The van der Waals surface area contributed by atoms with E-state index in [1.165, 1.54) is 24.5 Å². The van der Waals surface area contributed by atoms with E-state index in [4.69, 9.17) is 0 Å². The minimum absolute atomic E-state index is 0.458. The lowest BCUT2D eigenvalue weighted by Crippen LogP contribution is -2.04. The summed E-state index contributed by atoms with van der Waals surface area (Å²) in [6, 6.07) is 4.50. The zero-order chi connectivity index (χ0) is 12.5. The lowest BCUT2D eigenvalue weighted by Gasteiger charge is -2.07. The summed E-state index contributed by atoms with van der Waals surface area (Å²) in [6.07, 6.45) is -2.81. The van der Waals surface area contributed by atoms with Crippen LogP contribution in [0.15, 0.2) is 36.7 Å². The minimum atomic E-state index is -4.36. The van der Waals surface area contributed by atoms with E-state index in [1.807, 2.05) is 0 Å². The van der Waals surface area contributed by atoms with Gasteiger partial charge in [-0.15, -0.1) is 0 Å². The maximum Gasteiger partial charge on any atom is 0.416 e. The summed E-state index contributed by atoms with van der Waals surface area (Å²) in [5, 5.41) is 0. The maximum atomic E-state index is 12.5. The zero-order valence-corrected chi connectivity index (χ0v) is 8.37. The largest absolute Gasteiger partial charge is 0.416 e. The average Bonchev–Trinajstić information content (AvgIpc) is 2.29. The summed E-state index contributed by atoms with van der Waals surface area (Å²) in [7, 11) is 0. The van der Waals surface area contributed by atoms with Gasteiger partial charge in [-0.25, -0.2) is 9.97 Å². The third-order valence-electron chi connectivity index (χ3n) is 2.17. The van der Waals surface area contributed by atoms with Crippen molar-refractivity contribution in [1.29, 1.82) is 0 Å². The molecule has 0 aliphatic carbocycles. The van der Waals surface area contributed by atoms with Gasteiger partial charge in [-0.1, -0.05) is 12.1 Å². The quantitative estimate of drug-likeness (QED) is 0.566. The normalized spacial score (nSPS) is 11.5. The highest BCUT2D eigenvalue weighted by molar-refractivity contribution is 5.61. The fraction of sp³-hybridized carbons (Fsp3) is 0.0909. The van der Waals surface area contributed by atoms with Crippen LogP contribution in [0.2, 0.25) is 0 Å². The number of hydrogen-bond acceptors (Lipinski definition) is 2. The Balaban J connectivity index is 2.33. The zero-order valence-electron chi connectivity index (χ0n) is 8.37. The van der Waals surface area contributed by atoms with Crippen LogP contribution in [0.25, 0.3) is 11.1 Å². The first-order valence-electron chi connectivity index (χ1n) is 4.62. The van der Waals surface area contributed by atoms with Gasteiger partial charge in [0.05, 0.1) is 5.56 Å². The lowest BCUT2D eigenvalue weighted by atomic mass is 10.1. The molecule has 2 nitrogen and oxygen atoms in total. The van der Waals surface area contributed by atoms with Gasteiger partial charge in [-0.05, 0) is 17.7 Å². The first kappa shape index (κ1) is 11.5. The fourth-order valence-electron chi connectivity index (χ4n) is 1.31. The predicted octanol–water partition coefficient (Wildman–Crippen LogP) is 3.30. The molecule has 1 aromatic carbocycles. The summed E-state index contributed by atoms with van der Waals surface area (Å²) in [4.78, 5) is 6.65. The standard InChI is InChI=1S/C11H6F4N2/c12-10-16-5-8(6-17-10)7-1-3-9(4-2-7)11(13,14)15/h1-6H. The van der Waals surface area contributed by atoms with Crippen LogP contribution in [0.3, 0.4) is 0 Å². The highest BCUT2D eigenvalue weighted by Crippen LogP contribution is 2.30. The molecule has 88 valence electrons. The summed E-state index contributed by atoms with van der Waals surface area (Å²) < 4.78 is 49.4. The van der Waals surface area contributed by atoms with Crippen LogP contribution in [0.5, 0.6) is 0 Å². The van der Waals surface area contributed by atoms with Crippen LogP contribution in [0.1, 0.15) is 5.56 Å². The molecule has 1 heterocycles. The van der Waals surface area contributed by atoms with Gasteiger partial charge in [0.2, 0.25) is 0 Å². The molecule has 0 unspecified atom stereocenters. The molecular formula is C11H6F4N2. The second-order valence-electron chi connectivity index (χ2n) is 3.32. The molecule has 0 radical (unpaired) electrons. The molecule has 2 rings (SSSR count). The molecular weight excluding hydrogens is 236 g/mol. The van der Waals surface area contributed by atoms with Crippen molar-refractivity contribution in [3.05, 3.63) is 48.3 Å². The van der Waals surface area contributed by atoms with Crippen molar-refractivity contribution in [2.75, 3.05) is 0 Å². The Kier molecular flexibility index (Phi) is 2.79. The number of aromatic nitrogens is 2. The summed E-state index contributed by atoms with van der Waals surface area (Å²) in [6.45, 7) is 0.